The lowest BCUT2D eigenvalue weighted by Gasteiger charge is -2.28. The molecule has 5 nitrogen and oxygen atoms in total. The highest BCUT2D eigenvalue weighted by Crippen LogP contribution is 2.34. The molecule has 1 saturated heterocycles. The van der Waals surface area contributed by atoms with Gasteiger partial charge in [-0.2, -0.15) is 0 Å². The molecule has 118 valence electrons. The van der Waals surface area contributed by atoms with Crippen molar-refractivity contribution in [3.05, 3.63) is 28.5 Å². The minimum absolute atomic E-state index is 0.0304. The van der Waals surface area contributed by atoms with Gasteiger partial charge in [0.2, 0.25) is 0 Å². The van der Waals surface area contributed by atoms with Crippen molar-refractivity contribution in [1.82, 2.24) is 14.9 Å². The largest absolute Gasteiger partial charge is 0.444 e. The number of carbonyl (C=O) groups is 1. The summed E-state index contributed by atoms with van der Waals surface area (Å²) in [6.45, 7) is 6.40. The molecule has 3 rings (SSSR count). The van der Waals surface area contributed by atoms with E-state index >= 15 is 0 Å². The number of rotatable bonds is 1. The maximum absolute atomic E-state index is 12.4. The molecule has 1 amide bonds. The van der Waals surface area contributed by atoms with E-state index in [9.17, 15) is 4.79 Å². The Morgan fingerprint density at radius 2 is 2.23 bits per heavy atom. The van der Waals surface area contributed by atoms with E-state index in [2.05, 4.69) is 25.9 Å². The fraction of sp³-hybridized carbons (Fsp3) is 0.500. The quantitative estimate of drug-likeness (QED) is 0.814. The van der Waals surface area contributed by atoms with Gasteiger partial charge in [0.15, 0.2) is 0 Å². The van der Waals surface area contributed by atoms with Crippen molar-refractivity contribution >= 4 is 33.1 Å². The highest BCUT2D eigenvalue weighted by molar-refractivity contribution is 9.10. The molecule has 3 heterocycles. The van der Waals surface area contributed by atoms with Crippen LogP contribution in [0.1, 0.15) is 45.3 Å². The molecule has 1 aliphatic heterocycles. The van der Waals surface area contributed by atoms with Crippen LogP contribution in [0.2, 0.25) is 0 Å². The number of aromatic nitrogens is 2. The minimum Gasteiger partial charge on any atom is -0.444 e. The fourth-order valence-corrected chi connectivity index (χ4v) is 3.14. The highest BCUT2D eigenvalue weighted by Gasteiger charge is 2.34. The number of hydrogen-bond acceptors (Lipinski definition) is 3. The minimum atomic E-state index is -0.475. The van der Waals surface area contributed by atoms with Gasteiger partial charge in [0.1, 0.15) is 5.60 Å². The summed E-state index contributed by atoms with van der Waals surface area (Å²) in [6.07, 6.45) is 3.45. The van der Waals surface area contributed by atoms with E-state index in [1.54, 1.807) is 6.20 Å². The number of pyridine rings is 1. The molecule has 6 heteroatoms. The van der Waals surface area contributed by atoms with Crippen LogP contribution in [0.15, 0.2) is 22.8 Å². The number of nitrogens with one attached hydrogen (secondary N) is 1. The topological polar surface area (TPSA) is 58.2 Å². The Labute approximate surface area is 138 Å². The Bertz CT molecular complexity index is 705. The monoisotopic (exact) mass is 365 g/mol. The van der Waals surface area contributed by atoms with E-state index in [-0.39, 0.29) is 12.1 Å². The number of fused-ring (bicyclic) bond motifs is 1. The van der Waals surface area contributed by atoms with E-state index in [1.165, 1.54) is 0 Å². The van der Waals surface area contributed by atoms with Gasteiger partial charge in [-0.15, -0.1) is 0 Å². The molecule has 0 aromatic carbocycles. The number of ether oxygens (including phenoxy) is 1. The molecule has 0 unspecified atom stereocenters. The SMILES string of the molecule is CC(C)(C)OC(=O)N1CCC[C@@H]1c1cc2ncc(Br)cc2[nH]1. The zero-order valence-electron chi connectivity index (χ0n) is 13.0. The number of amides is 1. The van der Waals surface area contributed by atoms with Crippen molar-refractivity contribution in [2.75, 3.05) is 6.54 Å². The standard InChI is InChI=1S/C16H20BrN3O2/c1-16(2,3)22-15(21)20-6-4-5-14(20)13-8-11-12(19-13)7-10(17)9-18-11/h7-9,14,19H,4-6H2,1-3H3/t14-/m1/s1. The maximum Gasteiger partial charge on any atom is 0.410 e. The Hall–Kier alpha value is -1.56. The van der Waals surface area contributed by atoms with Crippen molar-refractivity contribution < 1.29 is 9.53 Å². The lowest BCUT2D eigenvalue weighted by molar-refractivity contribution is 0.0222. The average molecular weight is 366 g/mol. The maximum atomic E-state index is 12.4. The summed E-state index contributed by atoms with van der Waals surface area (Å²) in [7, 11) is 0. The molecular weight excluding hydrogens is 346 g/mol. The molecule has 2 aromatic rings. The summed E-state index contributed by atoms with van der Waals surface area (Å²) in [5.74, 6) is 0. The summed E-state index contributed by atoms with van der Waals surface area (Å²) in [4.78, 5) is 22.0. The lowest BCUT2D eigenvalue weighted by atomic mass is 10.1. The first-order chi connectivity index (χ1) is 10.3. The van der Waals surface area contributed by atoms with E-state index in [0.717, 1.165) is 40.6 Å². The second-order valence-electron chi connectivity index (χ2n) is 6.64. The molecule has 1 atom stereocenters. The second kappa shape index (κ2) is 5.57. The predicted molar refractivity (Wildman–Crippen MR) is 88.7 cm³/mol. The van der Waals surface area contributed by atoms with Crippen LogP contribution in [-0.2, 0) is 4.74 Å². The molecule has 0 saturated carbocycles. The normalized spacial score (nSPS) is 18.9. The molecule has 22 heavy (non-hydrogen) atoms. The highest BCUT2D eigenvalue weighted by atomic mass is 79.9. The van der Waals surface area contributed by atoms with Crippen LogP contribution in [0, 0.1) is 0 Å². The van der Waals surface area contributed by atoms with Crippen molar-refractivity contribution in [2.24, 2.45) is 0 Å². The van der Waals surface area contributed by atoms with Gasteiger partial charge in [-0.3, -0.25) is 9.88 Å². The van der Waals surface area contributed by atoms with Gasteiger partial charge < -0.3 is 9.72 Å². The number of halogens is 1. The van der Waals surface area contributed by atoms with Crippen LogP contribution in [0.25, 0.3) is 11.0 Å². The number of likely N-dealkylation sites (tertiary alicyclic amines) is 1. The Morgan fingerprint density at radius 1 is 1.45 bits per heavy atom. The lowest BCUT2D eigenvalue weighted by Crippen LogP contribution is -2.36. The molecule has 0 bridgehead atoms. The van der Waals surface area contributed by atoms with Gasteiger partial charge in [-0.05, 0) is 61.7 Å². The van der Waals surface area contributed by atoms with E-state index in [4.69, 9.17) is 4.74 Å². The van der Waals surface area contributed by atoms with Gasteiger partial charge in [-0.1, -0.05) is 0 Å². The molecule has 0 aliphatic carbocycles. The Balaban J connectivity index is 1.86. The third-order valence-electron chi connectivity index (χ3n) is 3.70. The molecule has 0 radical (unpaired) electrons. The summed E-state index contributed by atoms with van der Waals surface area (Å²) < 4.78 is 6.45. The molecule has 2 aromatic heterocycles. The van der Waals surface area contributed by atoms with Crippen LogP contribution in [-0.4, -0.2) is 33.1 Å². The first kappa shape index (κ1) is 15.3. The van der Waals surface area contributed by atoms with Gasteiger partial charge in [-0.25, -0.2) is 4.79 Å². The fourth-order valence-electron chi connectivity index (χ4n) is 2.81. The zero-order chi connectivity index (χ0) is 15.9. The first-order valence-corrected chi connectivity index (χ1v) is 8.26. The number of carbonyl (C=O) groups excluding carboxylic acids is 1. The molecule has 1 aliphatic rings. The van der Waals surface area contributed by atoms with E-state index < -0.39 is 5.60 Å². The molecular formula is C16H20BrN3O2. The third kappa shape index (κ3) is 3.11. The van der Waals surface area contributed by atoms with Crippen LogP contribution in [0.4, 0.5) is 4.79 Å². The van der Waals surface area contributed by atoms with Gasteiger partial charge in [0.25, 0.3) is 0 Å². The smallest absolute Gasteiger partial charge is 0.410 e. The van der Waals surface area contributed by atoms with Crippen molar-refractivity contribution in [3.63, 3.8) is 0 Å². The molecule has 0 spiro atoms. The van der Waals surface area contributed by atoms with Crippen LogP contribution < -0.4 is 0 Å². The number of hydrogen-bond donors (Lipinski definition) is 1. The van der Waals surface area contributed by atoms with Crippen LogP contribution in [0.3, 0.4) is 0 Å². The second-order valence-corrected chi connectivity index (χ2v) is 7.56. The van der Waals surface area contributed by atoms with Gasteiger partial charge in [0.05, 0.1) is 17.1 Å². The predicted octanol–water partition coefficient (Wildman–Crippen LogP) is 4.40. The number of H-pyrrole nitrogens is 1. The number of aromatic amines is 1. The van der Waals surface area contributed by atoms with E-state index in [1.807, 2.05) is 37.8 Å². The molecule has 1 fully saturated rings. The van der Waals surface area contributed by atoms with Crippen molar-refractivity contribution in [1.29, 1.82) is 0 Å². The summed E-state index contributed by atoms with van der Waals surface area (Å²) in [5.41, 5.74) is 2.43. The third-order valence-corrected chi connectivity index (χ3v) is 4.13. The summed E-state index contributed by atoms with van der Waals surface area (Å²) in [5, 5.41) is 0. The summed E-state index contributed by atoms with van der Waals surface area (Å²) >= 11 is 3.43. The van der Waals surface area contributed by atoms with E-state index in [0.29, 0.717) is 0 Å². The van der Waals surface area contributed by atoms with Gasteiger partial charge in [0, 0.05) is 22.9 Å². The average Bonchev–Trinajstić information content (AvgIpc) is 3.01. The Morgan fingerprint density at radius 3 is 2.95 bits per heavy atom. The van der Waals surface area contributed by atoms with Gasteiger partial charge >= 0.3 is 6.09 Å². The van der Waals surface area contributed by atoms with Crippen LogP contribution >= 0.6 is 15.9 Å². The van der Waals surface area contributed by atoms with Crippen molar-refractivity contribution in [2.45, 2.75) is 45.3 Å². The summed E-state index contributed by atoms with van der Waals surface area (Å²) in [6, 6.07) is 4.05. The Kier molecular flexibility index (Phi) is 3.89. The first-order valence-electron chi connectivity index (χ1n) is 7.47. The number of nitrogens with zero attached hydrogens (tertiary/aromatic N) is 2. The zero-order valence-corrected chi connectivity index (χ0v) is 14.6. The molecule has 1 N–H and O–H groups in total. The van der Waals surface area contributed by atoms with Crippen molar-refractivity contribution in [3.8, 4) is 0 Å². The van der Waals surface area contributed by atoms with Crippen LogP contribution in [0.5, 0.6) is 0 Å².